The first kappa shape index (κ1) is 23.9. The molecule has 0 aliphatic carbocycles. The van der Waals surface area contributed by atoms with Crippen molar-refractivity contribution in [2.24, 2.45) is 5.73 Å². The number of carbonyl (C=O) groups is 2. The molecule has 3 rings (SSSR count). The van der Waals surface area contributed by atoms with E-state index in [2.05, 4.69) is 4.98 Å². The fourth-order valence-corrected chi connectivity index (χ4v) is 3.28. The van der Waals surface area contributed by atoms with E-state index in [9.17, 15) is 9.59 Å². The summed E-state index contributed by atoms with van der Waals surface area (Å²) in [5.41, 5.74) is 5.85. The molecule has 1 atom stereocenters. The molecule has 31 heavy (non-hydrogen) atoms. The molecule has 1 unspecified atom stereocenters. The zero-order valence-corrected chi connectivity index (χ0v) is 18.3. The smallest absolute Gasteiger partial charge is 0.252 e. The highest BCUT2D eigenvalue weighted by Crippen LogP contribution is 2.32. The number of pyridine rings is 1. The quantitative estimate of drug-likeness (QED) is 0.707. The summed E-state index contributed by atoms with van der Waals surface area (Å²) in [7, 11) is 0. The average Bonchev–Trinajstić information content (AvgIpc) is 2.98. The molecule has 2 N–H and O–H groups in total. The van der Waals surface area contributed by atoms with Gasteiger partial charge in [0.1, 0.15) is 11.9 Å². The third-order valence-electron chi connectivity index (χ3n) is 4.75. The molecule has 0 saturated carbocycles. The summed E-state index contributed by atoms with van der Waals surface area (Å²) in [5, 5.41) is 9.21. The maximum Gasteiger partial charge on any atom is 0.252 e. The minimum absolute atomic E-state index is 0.0154. The van der Waals surface area contributed by atoms with Gasteiger partial charge in [-0.3, -0.25) is 9.59 Å². The predicted octanol–water partition coefficient (Wildman–Crippen LogP) is 3.43. The van der Waals surface area contributed by atoms with Crippen molar-refractivity contribution in [3.8, 4) is 17.7 Å². The number of nitrogens with two attached hydrogens (primary N) is 1. The second-order valence-electron chi connectivity index (χ2n) is 7.54. The van der Waals surface area contributed by atoms with Crippen molar-refractivity contribution in [2.45, 2.75) is 58.7 Å². The van der Waals surface area contributed by atoms with E-state index in [4.69, 9.17) is 20.5 Å². The predicted molar refractivity (Wildman–Crippen MR) is 118 cm³/mol. The molecule has 1 saturated heterocycles. The van der Waals surface area contributed by atoms with Crippen molar-refractivity contribution in [1.29, 1.82) is 5.26 Å². The van der Waals surface area contributed by atoms with E-state index in [0.717, 1.165) is 43.0 Å². The monoisotopic (exact) mass is 426 g/mol. The van der Waals surface area contributed by atoms with Crippen LogP contribution >= 0.6 is 0 Å². The summed E-state index contributed by atoms with van der Waals surface area (Å²) >= 11 is 0. The summed E-state index contributed by atoms with van der Waals surface area (Å²) in [6, 6.07) is 7.23. The molecule has 0 radical (unpaired) electrons. The first-order valence-electron chi connectivity index (χ1n) is 10.5. The van der Waals surface area contributed by atoms with Crippen LogP contribution in [0.2, 0.25) is 0 Å². The van der Waals surface area contributed by atoms with Crippen LogP contribution in [0.3, 0.4) is 0 Å². The molecule has 1 aliphatic heterocycles. The second kappa shape index (κ2) is 11.7. The highest BCUT2D eigenvalue weighted by atomic mass is 16.5. The molecule has 8 heteroatoms. The molecule has 2 amide bonds. The second-order valence-corrected chi connectivity index (χ2v) is 7.54. The summed E-state index contributed by atoms with van der Waals surface area (Å²) in [6.45, 7) is 7.02. The van der Waals surface area contributed by atoms with Crippen LogP contribution in [0, 0.1) is 11.3 Å². The number of likely N-dealkylation sites (tertiary alicyclic amines) is 1. The van der Waals surface area contributed by atoms with E-state index in [1.807, 2.05) is 32.9 Å². The summed E-state index contributed by atoms with van der Waals surface area (Å²) in [5.74, 6) is 0.391. The van der Waals surface area contributed by atoms with Crippen LogP contribution in [0.15, 0.2) is 24.4 Å². The van der Waals surface area contributed by atoms with Gasteiger partial charge in [0.05, 0.1) is 17.7 Å². The Labute approximate surface area is 182 Å². The number of hydrogen-bond acceptors (Lipinski definition) is 6. The number of fused-ring (bicyclic) bond motifs is 1. The van der Waals surface area contributed by atoms with Crippen LogP contribution in [0.4, 0.5) is 0 Å². The molecule has 0 bridgehead atoms. The van der Waals surface area contributed by atoms with Crippen LogP contribution in [0.5, 0.6) is 11.6 Å². The van der Waals surface area contributed by atoms with Crippen molar-refractivity contribution in [2.75, 3.05) is 13.1 Å². The normalized spacial score (nSPS) is 16.0. The van der Waals surface area contributed by atoms with Gasteiger partial charge >= 0.3 is 0 Å². The number of nitrogens with zero attached hydrogens (tertiary/aromatic N) is 3. The Morgan fingerprint density at radius 1 is 1.39 bits per heavy atom. The number of aromatic nitrogens is 1. The standard InChI is InChI=1S/C20H25N3O4.C3H5N/c1-13(2)26-18-11-16-14(10-17(18)19(21)25)5-7-22-20(16)27-15-4-3-8-23(12-24)9-6-15;1-2-3-4/h5,7,10-13,15H,3-4,6,8-9H2,1-2H3,(H2,21,25);2H2,1H3. The lowest BCUT2D eigenvalue weighted by atomic mass is 10.1. The fraction of sp³-hybridized carbons (Fsp3) is 0.478. The zero-order chi connectivity index (χ0) is 22.8. The first-order chi connectivity index (χ1) is 14.9. The molecule has 1 aromatic carbocycles. The summed E-state index contributed by atoms with van der Waals surface area (Å²) < 4.78 is 12.0. The lowest BCUT2D eigenvalue weighted by Gasteiger charge is -2.19. The Bertz CT molecular complexity index is 939. The van der Waals surface area contributed by atoms with Gasteiger partial charge in [0, 0.05) is 37.5 Å². The SMILES string of the molecule is CC(C)Oc1cc2c(OC3CCCN(C=O)CC3)nccc2cc1C(N)=O.CCC#N. The highest BCUT2D eigenvalue weighted by Gasteiger charge is 2.20. The Hall–Kier alpha value is -3.34. The molecule has 1 aliphatic rings. The zero-order valence-electron chi connectivity index (χ0n) is 18.3. The Morgan fingerprint density at radius 3 is 2.74 bits per heavy atom. The summed E-state index contributed by atoms with van der Waals surface area (Å²) in [6.07, 6.45) is 5.56. The maximum absolute atomic E-state index is 11.8. The van der Waals surface area contributed by atoms with E-state index in [-0.39, 0.29) is 12.2 Å². The lowest BCUT2D eigenvalue weighted by molar-refractivity contribution is -0.118. The molecule has 166 valence electrons. The number of carbonyl (C=O) groups excluding carboxylic acids is 2. The van der Waals surface area contributed by atoms with Gasteiger partial charge in [-0.2, -0.15) is 5.26 Å². The van der Waals surface area contributed by atoms with Crippen LogP contribution in [0.1, 0.15) is 56.8 Å². The number of hydrogen-bond donors (Lipinski definition) is 1. The van der Waals surface area contributed by atoms with Gasteiger partial charge in [0.2, 0.25) is 12.3 Å². The lowest BCUT2D eigenvalue weighted by Crippen LogP contribution is -2.24. The van der Waals surface area contributed by atoms with E-state index >= 15 is 0 Å². The Balaban J connectivity index is 0.000000785. The van der Waals surface area contributed by atoms with Gasteiger partial charge in [-0.1, -0.05) is 6.92 Å². The van der Waals surface area contributed by atoms with Crippen LogP contribution in [-0.4, -0.2) is 47.5 Å². The summed E-state index contributed by atoms with van der Waals surface area (Å²) in [4.78, 5) is 29.0. The minimum atomic E-state index is -0.537. The Morgan fingerprint density at radius 2 is 2.13 bits per heavy atom. The van der Waals surface area contributed by atoms with Gasteiger partial charge in [-0.25, -0.2) is 4.98 Å². The van der Waals surface area contributed by atoms with E-state index < -0.39 is 5.91 Å². The molecular formula is C23H30N4O4. The highest BCUT2D eigenvalue weighted by molar-refractivity contribution is 6.01. The minimum Gasteiger partial charge on any atom is -0.490 e. The van der Waals surface area contributed by atoms with Gasteiger partial charge in [0.25, 0.3) is 5.91 Å². The Kier molecular flexibility index (Phi) is 9.07. The van der Waals surface area contributed by atoms with Crippen molar-refractivity contribution >= 4 is 23.1 Å². The molecule has 1 aromatic heterocycles. The van der Waals surface area contributed by atoms with Crippen LogP contribution < -0.4 is 15.2 Å². The molecule has 2 aromatic rings. The molecular weight excluding hydrogens is 396 g/mol. The van der Waals surface area contributed by atoms with E-state index in [1.165, 1.54) is 0 Å². The third kappa shape index (κ3) is 6.85. The molecule has 2 heterocycles. The van der Waals surface area contributed by atoms with Crippen molar-refractivity contribution in [3.05, 3.63) is 30.0 Å². The van der Waals surface area contributed by atoms with Crippen molar-refractivity contribution < 1.29 is 19.1 Å². The average molecular weight is 427 g/mol. The van der Waals surface area contributed by atoms with Gasteiger partial charge in [-0.15, -0.1) is 0 Å². The fourth-order valence-electron chi connectivity index (χ4n) is 3.28. The van der Waals surface area contributed by atoms with Gasteiger partial charge in [0.15, 0.2) is 0 Å². The molecule has 1 fully saturated rings. The number of primary amides is 1. The van der Waals surface area contributed by atoms with E-state index in [1.54, 1.807) is 23.2 Å². The number of rotatable bonds is 6. The van der Waals surface area contributed by atoms with Gasteiger partial charge in [-0.05, 0) is 50.3 Å². The van der Waals surface area contributed by atoms with Gasteiger partial charge < -0.3 is 20.1 Å². The number of amides is 2. The topological polar surface area (TPSA) is 119 Å². The number of ether oxygens (including phenoxy) is 2. The van der Waals surface area contributed by atoms with Crippen molar-refractivity contribution in [1.82, 2.24) is 9.88 Å². The molecule has 0 spiro atoms. The van der Waals surface area contributed by atoms with Crippen LogP contribution in [-0.2, 0) is 4.79 Å². The molecule has 8 nitrogen and oxygen atoms in total. The van der Waals surface area contributed by atoms with E-state index in [0.29, 0.717) is 30.2 Å². The first-order valence-corrected chi connectivity index (χ1v) is 10.5. The third-order valence-corrected chi connectivity index (χ3v) is 4.75. The van der Waals surface area contributed by atoms with Crippen molar-refractivity contribution in [3.63, 3.8) is 0 Å². The number of benzene rings is 1. The largest absolute Gasteiger partial charge is 0.490 e. The van der Waals surface area contributed by atoms with Crippen LogP contribution in [0.25, 0.3) is 10.8 Å². The number of nitriles is 1. The maximum atomic E-state index is 11.8.